The number of aliphatic carboxylic acids is 1. The van der Waals surface area contributed by atoms with Gasteiger partial charge in [0.05, 0.1) is 5.69 Å². The Morgan fingerprint density at radius 1 is 1.29 bits per heavy atom. The van der Waals surface area contributed by atoms with E-state index in [0.29, 0.717) is 18.7 Å². The molecular formula is C14H18Br2N2O3. The SMILES string of the molecule is CC(C)N(CCCC(=O)O)C(=O)Nc1c(Br)cccc1Br. The lowest BCUT2D eigenvalue weighted by Gasteiger charge is -2.27. The molecule has 21 heavy (non-hydrogen) atoms. The van der Waals surface area contributed by atoms with Crippen molar-refractivity contribution in [1.82, 2.24) is 4.90 Å². The first kappa shape index (κ1) is 18.0. The van der Waals surface area contributed by atoms with Gasteiger partial charge in [-0.25, -0.2) is 4.79 Å². The Kier molecular flexibility index (Phi) is 7.17. The van der Waals surface area contributed by atoms with Gasteiger partial charge in [-0.3, -0.25) is 4.79 Å². The van der Waals surface area contributed by atoms with E-state index in [4.69, 9.17) is 5.11 Å². The molecule has 7 heteroatoms. The molecule has 0 bridgehead atoms. The van der Waals surface area contributed by atoms with Gasteiger partial charge < -0.3 is 15.3 Å². The van der Waals surface area contributed by atoms with Gasteiger partial charge in [0.15, 0.2) is 0 Å². The molecule has 0 aliphatic rings. The van der Waals surface area contributed by atoms with E-state index in [9.17, 15) is 9.59 Å². The summed E-state index contributed by atoms with van der Waals surface area (Å²) in [4.78, 5) is 24.5. The van der Waals surface area contributed by atoms with Gasteiger partial charge in [-0.05, 0) is 64.3 Å². The maximum Gasteiger partial charge on any atom is 0.322 e. The summed E-state index contributed by atoms with van der Waals surface area (Å²) < 4.78 is 1.55. The number of nitrogens with zero attached hydrogens (tertiary/aromatic N) is 1. The van der Waals surface area contributed by atoms with E-state index < -0.39 is 5.97 Å². The number of halogens is 2. The number of benzene rings is 1. The van der Waals surface area contributed by atoms with E-state index in [-0.39, 0.29) is 18.5 Å². The number of amides is 2. The zero-order valence-electron chi connectivity index (χ0n) is 11.9. The Morgan fingerprint density at radius 2 is 1.86 bits per heavy atom. The van der Waals surface area contributed by atoms with Crippen molar-refractivity contribution in [3.8, 4) is 0 Å². The molecule has 0 radical (unpaired) electrons. The van der Waals surface area contributed by atoms with Crippen LogP contribution in [0, 0.1) is 0 Å². The molecule has 2 N–H and O–H groups in total. The minimum absolute atomic E-state index is 0.0138. The number of para-hydroxylation sites is 1. The molecule has 1 aromatic carbocycles. The number of carbonyl (C=O) groups is 2. The highest BCUT2D eigenvalue weighted by Crippen LogP contribution is 2.30. The molecule has 0 aliphatic carbocycles. The molecule has 0 aliphatic heterocycles. The minimum Gasteiger partial charge on any atom is -0.481 e. The predicted octanol–water partition coefficient (Wildman–Crippen LogP) is 4.32. The number of carbonyl (C=O) groups excluding carboxylic acids is 1. The Bertz CT molecular complexity index is 501. The lowest BCUT2D eigenvalue weighted by molar-refractivity contribution is -0.137. The Hall–Kier alpha value is -1.08. The van der Waals surface area contributed by atoms with E-state index in [2.05, 4.69) is 37.2 Å². The van der Waals surface area contributed by atoms with Gasteiger partial charge >= 0.3 is 12.0 Å². The van der Waals surface area contributed by atoms with Crippen LogP contribution in [0.5, 0.6) is 0 Å². The van der Waals surface area contributed by atoms with Gasteiger partial charge in [-0.15, -0.1) is 0 Å². The molecule has 2 amide bonds. The van der Waals surface area contributed by atoms with E-state index in [1.54, 1.807) is 4.90 Å². The Balaban J connectivity index is 2.75. The summed E-state index contributed by atoms with van der Waals surface area (Å²) in [6.45, 7) is 4.20. The normalized spacial score (nSPS) is 10.5. The molecule has 116 valence electrons. The molecule has 0 heterocycles. The second-order valence-electron chi connectivity index (χ2n) is 4.81. The maximum atomic E-state index is 12.4. The highest BCUT2D eigenvalue weighted by Gasteiger charge is 2.19. The van der Waals surface area contributed by atoms with Crippen LogP contribution in [0.3, 0.4) is 0 Å². The van der Waals surface area contributed by atoms with Gasteiger partial charge in [0.25, 0.3) is 0 Å². The lowest BCUT2D eigenvalue weighted by Crippen LogP contribution is -2.41. The first-order chi connectivity index (χ1) is 9.82. The lowest BCUT2D eigenvalue weighted by atomic mass is 10.2. The van der Waals surface area contributed by atoms with Crippen LogP contribution in [-0.2, 0) is 4.79 Å². The number of hydrogen-bond acceptors (Lipinski definition) is 2. The third-order valence-electron chi connectivity index (χ3n) is 2.87. The van der Waals surface area contributed by atoms with E-state index in [1.165, 1.54) is 0 Å². The minimum atomic E-state index is -0.854. The Labute approximate surface area is 141 Å². The first-order valence-corrected chi connectivity index (χ1v) is 8.15. The largest absolute Gasteiger partial charge is 0.481 e. The molecule has 0 fully saturated rings. The average Bonchev–Trinajstić information content (AvgIpc) is 2.38. The predicted molar refractivity (Wildman–Crippen MR) is 89.6 cm³/mol. The van der Waals surface area contributed by atoms with Crippen molar-refractivity contribution in [2.45, 2.75) is 32.7 Å². The Morgan fingerprint density at radius 3 is 2.33 bits per heavy atom. The van der Waals surface area contributed by atoms with Crippen LogP contribution in [0.25, 0.3) is 0 Å². The van der Waals surface area contributed by atoms with Gasteiger partial charge in [0.2, 0.25) is 0 Å². The van der Waals surface area contributed by atoms with Gasteiger partial charge in [0, 0.05) is 28.0 Å². The van der Waals surface area contributed by atoms with Crippen LogP contribution < -0.4 is 5.32 Å². The zero-order chi connectivity index (χ0) is 16.0. The standard InChI is InChI=1S/C14H18Br2N2O3/c1-9(2)18(8-4-7-12(19)20)14(21)17-13-10(15)5-3-6-11(13)16/h3,5-6,9H,4,7-8H2,1-2H3,(H,17,21)(H,19,20). The number of hydrogen-bond donors (Lipinski definition) is 2. The molecule has 0 atom stereocenters. The number of rotatable bonds is 6. The number of carboxylic acid groups (broad SMARTS) is 1. The molecule has 0 saturated carbocycles. The summed E-state index contributed by atoms with van der Waals surface area (Å²) in [6.07, 6.45) is 0.479. The van der Waals surface area contributed by atoms with Crippen molar-refractivity contribution in [2.75, 3.05) is 11.9 Å². The van der Waals surface area contributed by atoms with Crippen molar-refractivity contribution in [1.29, 1.82) is 0 Å². The van der Waals surface area contributed by atoms with E-state index >= 15 is 0 Å². The van der Waals surface area contributed by atoms with Crippen LogP contribution in [-0.4, -0.2) is 34.6 Å². The molecule has 1 aromatic rings. The molecule has 0 aromatic heterocycles. The number of anilines is 1. The molecule has 0 spiro atoms. The molecule has 0 unspecified atom stereocenters. The van der Waals surface area contributed by atoms with Crippen LogP contribution in [0.2, 0.25) is 0 Å². The summed E-state index contributed by atoms with van der Waals surface area (Å²) in [7, 11) is 0. The number of carboxylic acids is 1. The second kappa shape index (κ2) is 8.38. The van der Waals surface area contributed by atoms with E-state index in [0.717, 1.165) is 8.95 Å². The number of nitrogens with one attached hydrogen (secondary N) is 1. The van der Waals surface area contributed by atoms with Crippen molar-refractivity contribution < 1.29 is 14.7 Å². The maximum absolute atomic E-state index is 12.4. The first-order valence-electron chi connectivity index (χ1n) is 6.56. The summed E-state index contributed by atoms with van der Waals surface area (Å²) in [5.74, 6) is -0.854. The van der Waals surface area contributed by atoms with Crippen LogP contribution in [0.15, 0.2) is 27.1 Å². The topological polar surface area (TPSA) is 69.6 Å². The molecule has 1 rings (SSSR count). The van der Waals surface area contributed by atoms with Crippen molar-refractivity contribution in [3.63, 3.8) is 0 Å². The van der Waals surface area contributed by atoms with Crippen LogP contribution in [0.1, 0.15) is 26.7 Å². The second-order valence-corrected chi connectivity index (χ2v) is 6.52. The molecule has 5 nitrogen and oxygen atoms in total. The smallest absolute Gasteiger partial charge is 0.322 e. The van der Waals surface area contributed by atoms with Gasteiger partial charge in [-0.1, -0.05) is 6.07 Å². The summed E-state index contributed by atoms with van der Waals surface area (Å²) in [5.41, 5.74) is 0.659. The average molecular weight is 422 g/mol. The van der Waals surface area contributed by atoms with Crippen molar-refractivity contribution in [2.24, 2.45) is 0 Å². The highest BCUT2D eigenvalue weighted by atomic mass is 79.9. The number of urea groups is 1. The quantitative estimate of drug-likeness (QED) is 0.718. The van der Waals surface area contributed by atoms with Crippen molar-refractivity contribution in [3.05, 3.63) is 27.1 Å². The van der Waals surface area contributed by atoms with E-state index in [1.807, 2.05) is 32.0 Å². The molecular weight excluding hydrogens is 404 g/mol. The third-order valence-corrected chi connectivity index (χ3v) is 4.19. The van der Waals surface area contributed by atoms with Gasteiger partial charge in [-0.2, -0.15) is 0 Å². The summed E-state index contributed by atoms with van der Waals surface area (Å²) in [5, 5.41) is 11.5. The van der Waals surface area contributed by atoms with Crippen molar-refractivity contribution >= 4 is 49.5 Å². The summed E-state index contributed by atoms with van der Waals surface area (Å²) >= 11 is 6.79. The van der Waals surface area contributed by atoms with Gasteiger partial charge in [0.1, 0.15) is 0 Å². The van der Waals surface area contributed by atoms with Crippen LogP contribution in [0.4, 0.5) is 10.5 Å². The fraction of sp³-hybridized carbons (Fsp3) is 0.429. The summed E-state index contributed by atoms with van der Waals surface area (Å²) in [6, 6.07) is 5.27. The monoisotopic (exact) mass is 420 g/mol. The zero-order valence-corrected chi connectivity index (χ0v) is 15.1. The fourth-order valence-corrected chi connectivity index (χ4v) is 2.99. The fourth-order valence-electron chi connectivity index (χ4n) is 1.79. The third kappa shape index (κ3) is 5.67. The van der Waals surface area contributed by atoms with Crippen LogP contribution >= 0.6 is 31.9 Å². The highest BCUT2D eigenvalue weighted by molar-refractivity contribution is 9.11. The molecule has 0 saturated heterocycles.